The molecule has 2 aliphatic heterocycles. The van der Waals surface area contributed by atoms with Crippen molar-refractivity contribution in [1.82, 2.24) is 18.9 Å². The molecule has 2 aliphatic rings. The van der Waals surface area contributed by atoms with Crippen LogP contribution in [0.2, 0.25) is 0 Å². The van der Waals surface area contributed by atoms with Crippen molar-refractivity contribution in [2.24, 2.45) is 0 Å². The zero-order chi connectivity index (χ0) is 20.8. The van der Waals surface area contributed by atoms with E-state index in [0.717, 1.165) is 38.5 Å². The maximum Gasteiger partial charge on any atom is 0.271 e. The molecule has 3 aromatic heterocycles. The summed E-state index contributed by atoms with van der Waals surface area (Å²) < 4.78 is 3.56. The van der Waals surface area contributed by atoms with E-state index in [-0.39, 0.29) is 11.5 Å². The number of amides is 1. The lowest BCUT2D eigenvalue weighted by Gasteiger charge is -2.38. The minimum absolute atomic E-state index is 0.0737. The number of aromatic nitrogens is 3. The Kier molecular flexibility index (Phi) is 5.09. The van der Waals surface area contributed by atoms with E-state index in [4.69, 9.17) is 4.98 Å². The van der Waals surface area contributed by atoms with Gasteiger partial charge >= 0.3 is 0 Å². The minimum atomic E-state index is -0.107. The zero-order valence-corrected chi connectivity index (χ0v) is 18.4. The largest absolute Gasteiger partial charge is 0.331 e. The number of nitrogens with zero attached hydrogens (tertiary/aromatic N) is 4. The van der Waals surface area contributed by atoms with Crippen LogP contribution in [-0.2, 0) is 6.54 Å². The van der Waals surface area contributed by atoms with Gasteiger partial charge in [-0.05, 0) is 56.6 Å². The molecule has 0 aromatic carbocycles. The molecule has 30 heavy (non-hydrogen) atoms. The third kappa shape index (κ3) is 3.06. The van der Waals surface area contributed by atoms with Gasteiger partial charge in [0.25, 0.3) is 11.5 Å². The number of carbonyl (C=O) groups is 1. The number of hydrogen-bond acceptors (Lipinski definition) is 4. The molecule has 2 saturated heterocycles. The summed E-state index contributed by atoms with van der Waals surface area (Å²) in [4.78, 5) is 33.8. The first-order valence-electron chi connectivity index (χ1n) is 11.0. The summed E-state index contributed by atoms with van der Waals surface area (Å²) in [6.45, 7) is 2.84. The number of piperidine rings is 1. The monoisotopic (exact) mass is 424 g/mol. The summed E-state index contributed by atoms with van der Waals surface area (Å²) >= 11 is 1.93. The smallest absolute Gasteiger partial charge is 0.271 e. The Morgan fingerprint density at radius 3 is 2.70 bits per heavy atom. The van der Waals surface area contributed by atoms with Crippen LogP contribution in [0.4, 0.5) is 0 Å². The lowest BCUT2D eigenvalue weighted by molar-refractivity contribution is 0.0590. The average molecular weight is 425 g/mol. The molecule has 0 saturated carbocycles. The van der Waals surface area contributed by atoms with E-state index in [9.17, 15) is 9.59 Å². The Balaban J connectivity index is 1.63. The van der Waals surface area contributed by atoms with Crippen LogP contribution in [0.25, 0.3) is 16.7 Å². The van der Waals surface area contributed by atoms with Gasteiger partial charge in [0.15, 0.2) is 0 Å². The maximum atomic E-state index is 13.8. The van der Waals surface area contributed by atoms with Gasteiger partial charge in [-0.25, -0.2) is 4.98 Å². The molecule has 5 heterocycles. The van der Waals surface area contributed by atoms with Crippen LogP contribution < -0.4 is 5.56 Å². The average Bonchev–Trinajstić information content (AvgIpc) is 3.26. The Labute approximate surface area is 180 Å². The standard InChI is InChI=1S/C23H28N4O2S/c1-3-4-10-25-19(23(29)27-15-8-9-16(27)13-17(12-15)30-2)14-18-21(25)24-20-7-5-6-11-26(20)22(18)28/h5-7,11,14-17H,3-4,8-10,12-13H2,1-2H3. The van der Waals surface area contributed by atoms with Crippen LogP contribution in [0, 0.1) is 0 Å². The topological polar surface area (TPSA) is 59.6 Å². The highest BCUT2D eigenvalue weighted by atomic mass is 32.2. The SMILES string of the molecule is CCCCn1c(C(=O)N2C3CCC2CC(SC)C3)cc2c(=O)n3ccccc3nc21. The van der Waals surface area contributed by atoms with E-state index >= 15 is 0 Å². The van der Waals surface area contributed by atoms with E-state index in [1.807, 2.05) is 34.5 Å². The second-order valence-electron chi connectivity index (χ2n) is 8.54. The molecular formula is C23H28N4O2S. The molecule has 7 heteroatoms. The Bertz CT molecular complexity index is 1150. The van der Waals surface area contributed by atoms with Crippen molar-refractivity contribution in [3.05, 3.63) is 46.5 Å². The van der Waals surface area contributed by atoms with Crippen molar-refractivity contribution in [1.29, 1.82) is 0 Å². The fourth-order valence-corrected chi connectivity index (χ4v) is 6.08. The molecule has 2 unspecified atom stereocenters. The van der Waals surface area contributed by atoms with Crippen LogP contribution >= 0.6 is 11.8 Å². The number of thioether (sulfide) groups is 1. The Hall–Kier alpha value is -2.28. The molecule has 158 valence electrons. The molecule has 1 amide bonds. The summed E-state index contributed by atoms with van der Waals surface area (Å²) in [6, 6.07) is 7.98. The summed E-state index contributed by atoms with van der Waals surface area (Å²) in [5.74, 6) is 0.0737. The van der Waals surface area contributed by atoms with Gasteiger partial charge in [-0.2, -0.15) is 11.8 Å². The predicted molar refractivity (Wildman–Crippen MR) is 121 cm³/mol. The van der Waals surface area contributed by atoms with E-state index in [2.05, 4.69) is 18.1 Å². The normalized spacial score (nSPS) is 23.5. The summed E-state index contributed by atoms with van der Waals surface area (Å²) in [5.41, 5.74) is 1.77. The van der Waals surface area contributed by atoms with Crippen molar-refractivity contribution in [3.63, 3.8) is 0 Å². The number of hydrogen-bond donors (Lipinski definition) is 0. The molecule has 0 spiro atoms. The van der Waals surface area contributed by atoms with E-state index in [0.29, 0.717) is 46.3 Å². The van der Waals surface area contributed by atoms with Crippen molar-refractivity contribution in [3.8, 4) is 0 Å². The molecule has 6 nitrogen and oxygen atoms in total. The summed E-state index contributed by atoms with van der Waals surface area (Å²) in [7, 11) is 0. The third-order valence-electron chi connectivity index (χ3n) is 6.79. The molecule has 0 N–H and O–H groups in total. The van der Waals surface area contributed by atoms with Crippen molar-refractivity contribution in [2.45, 2.75) is 69.3 Å². The first-order valence-corrected chi connectivity index (χ1v) is 12.3. The molecule has 0 radical (unpaired) electrons. The lowest BCUT2D eigenvalue weighted by atomic mass is 10.0. The van der Waals surface area contributed by atoms with E-state index in [1.165, 1.54) is 0 Å². The van der Waals surface area contributed by atoms with Gasteiger partial charge in [0.2, 0.25) is 0 Å². The Morgan fingerprint density at radius 1 is 1.23 bits per heavy atom. The first kappa shape index (κ1) is 19.7. The molecule has 2 fully saturated rings. The molecule has 2 atom stereocenters. The molecule has 5 rings (SSSR count). The third-order valence-corrected chi connectivity index (χ3v) is 7.84. The van der Waals surface area contributed by atoms with Gasteiger partial charge in [-0.15, -0.1) is 0 Å². The minimum Gasteiger partial charge on any atom is -0.331 e. The molecule has 0 aliphatic carbocycles. The number of carbonyl (C=O) groups excluding carboxylic acids is 1. The summed E-state index contributed by atoms with van der Waals surface area (Å²) in [6.07, 6.45) is 10.2. The van der Waals surface area contributed by atoms with Gasteiger partial charge in [0.05, 0.1) is 5.39 Å². The predicted octanol–water partition coefficient (Wildman–Crippen LogP) is 3.95. The number of unbranched alkanes of at least 4 members (excludes halogenated alkanes) is 1. The van der Waals surface area contributed by atoms with Crippen LogP contribution in [0.15, 0.2) is 35.3 Å². The number of rotatable bonds is 5. The molecule has 2 bridgehead atoms. The fourth-order valence-electron chi connectivity index (χ4n) is 5.26. The highest BCUT2D eigenvalue weighted by Crippen LogP contribution is 2.40. The first-order chi connectivity index (χ1) is 14.6. The second kappa shape index (κ2) is 7.76. The van der Waals surface area contributed by atoms with Crippen LogP contribution in [0.5, 0.6) is 0 Å². The van der Waals surface area contributed by atoms with Crippen LogP contribution in [-0.4, -0.2) is 48.3 Å². The quantitative estimate of drug-likeness (QED) is 0.622. The van der Waals surface area contributed by atoms with E-state index in [1.54, 1.807) is 16.7 Å². The van der Waals surface area contributed by atoms with Gasteiger partial charge in [0.1, 0.15) is 17.0 Å². The van der Waals surface area contributed by atoms with Gasteiger partial charge < -0.3 is 9.47 Å². The highest BCUT2D eigenvalue weighted by Gasteiger charge is 2.44. The van der Waals surface area contributed by atoms with Gasteiger partial charge in [-0.1, -0.05) is 19.4 Å². The molecular weight excluding hydrogens is 396 g/mol. The maximum absolute atomic E-state index is 13.8. The van der Waals surface area contributed by atoms with Crippen molar-refractivity contribution in [2.75, 3.05) is 6.26 Å². The lowest BCUT2D eigenvalue weighted by Crippen LogP contribution is -2.47. The highest BCUT2D eigenvalue weighted by molar-refractivity contribution is 7.99. The van der Waals surface area contributed by atoms with Crippen molar-refractivity contribution >= 4 is 34.3 Å². The van der Waals surface area contributed by atoms with E-state index < -0.39 is 0 Å². The second-order valence-corrected chi connectivity index (χ2v) is 9.68. The van der Waals surface area contributed by atoms with Gasteiger partial charge in [-0.3, -0.25) is 14.0 Å². The zero-order valence-electron chi connectivity index (χ0n) is 17.6. The van der Waals surface area contributed by atoms with Crippen LogP contribution in [0.1, 0.15) is 55.9 Å². The number of fused-ring (bicyclic) bond motifs is 4. The Morgan fingerprint density at radius 2 is 2.00 bits per heavy atom. The number of aryl methyl sites for hydroxylation is 1. The number of pyridine rings is 1. The van der Waals surface area contributed by atoms with Gasteiger partial charge in [0, 0.05) is 30.1 Å². The summed E-state index contributed by atoms with van der Waals surface area (Å²) in [5, 5.41) is 1.18. The van der Waals surface area contributed by atoms with Crippen molar-refractivity contribution < 1.29 is 4.79 Å². The fraction of sp³-hybridized carbons (Fsp3) is 0.522. The molecule has 3 aromatic rings. The van der Waals surface area contributed by atoms with Crippen LogP contribution in [0.3, 0.4) is 0 Å².